The molecule has 11 heteroatoms. The van der Waals surface area contributed by atoms with Gasteiger partial charge in [-0.2, -0.15) is 0 Å². The van der Waals surface area contributed by atoms with E-state index in [1.165, 1.54) is 6.33 Å². The minimum atomic E-state index is -0.321. The van der Waals surface area contributed by atoms with Gasteiger partial charge in [0.05, 0.1) is 24.6 Å². The molecular formula is C25H30ClFN8O. The Morgan fingerprint density at radius 2 is 1.92 bits per heavy atom. The number of anilines is 5. The molecule has 1 atom stereocenters. The number of hydrogen-bond acceptors (Lipinski definition) is 9. The Bertz CT molecular complexity index is 1220. The van der Waals surface area contributed by atoms with Crippen LogP contribution in [-0.4, -0.2) is 79.4 Å². The molecule has 2 aliphatic heterocycles. The fourth-order valence-corrected chi connectivity index (χ4v) is 4.79. The number of hydrogen-bond donors (Lipinski definition) is 2. The summed E-state index contributed by atoms with van der Waals surface area (Å²) in [5.74, 6) is 0.907. The van der Waals surface area contributed by atoms with Crippen molar-refractivity contribution >= 4 is 40.3 Å². The first-order valence-electron chi connectivity index (χ1n) is 12.0. The highest BCUT2D eigenvalue weighted by atomic mass is 35.5. The number of nitrogens with one attached hydrogen (secondary N) is 1. The van der Waals surface area contributed by atoms with Crippen molar-refractivity contribution in [3.63, 3.8) is 0 Å². The molecule has 36 heavy (non-hydrogen) atoms. The summed E-state index contributed by atoms with van der Waals surface area (Å²) in [6.07, 6.45) is 4.04. The van der Waals surface area contributed by atoms with Crippen LogP contribution in [0.5, 0.6) is 0 Å². The normalized spacial score (nSPS) is 18.2. The zero-order chi connectivity index (χ0) is 25.2. The van der Waals surface area contributed by atoms with Crippen LogP contribution in [-0.2, 0) is 4.74 Å². The third-order valence-corrected chi connectivity index (χ3v) is 7.10. The first kappa shape index (κ1) is 24.5. The van der Waals surface area contributed by atoms with Gasteiger partial charge in [0.1, 0.15) is 23.6 Å². The van der Waals surface area contributed by atoms with Crippen LogP contribution in [0.4, 0.5) is 33.1 Å². The number of aromatic nitrogens is 3. The minimum absolute atomic E-state index is 0.160. The predicted octanol–water partition coefficient (Wildman–Crippen LogP) is 3.63. The van der Waals surface area contributed by atoms with Crippen molar-refractivity contribution in [2.75, 3.05) is 74.3 Å². The van der Waals surface area contributed by atoms with Crippen molar-refractivity contribution in [3.8, 4) is 11.1 Å². The second-order valence-corrected chi connectivity index (χ2v) is 9.62. The summed E-state index contributed by atoms with van der Waals surface area (Å²) >= 11 is 6.12. The summed E-state index contributed by atoms with van der Waals surface area (Å²) in [7, 11) is 4.13. The van der Waals surface area contributed by atoms with Gasteiger partial charge in [0.2, 0.25) is 0 Å². The van der Waals surface area contributed by atoms with Crippen LogP contribution in [0.15, 0.2) is 36.8 Å². The molecule has 3 N–H and O–H groups in total. The summed E-state index contributed by atoms with van der Waals surface area (Å²) in [5.41, 5.74) is 8.90. The third kappa shape index (κ3) is 5.02. The maximum absolute atomic E-state index is 15.6. The number of nitrogen functional groups attached to an aromatic ring is 1. The smallest absolute Gasteiger partial charge is 0.158 e. The van der Waals surface area contributed by atoms with E-state index in [0.29, 0.717) is 41.9 Å². The molecule has 0 radical (unpaired) electrons. The van der Waals surface area contributed by atoms with Gasteiger partial charge in [0, 0.05) is 49.5 Å². The van der Waals surface area contributed by atoms with Crippen molar-refractivity contribution in [2.45, 2.75) is 12.5 Å². The van der Waals surface area contributed by atoms with Gasteiger partial charge in [-0.3, -0.25) is 0 Å². The highest BCUT2D eigenvalue weighted by Crippen LogP contribution is 2.38. The molecule has 0 bridgehead atoms. The van der Waals surface area contributed by atoms with E-state index in [1.54, 1.807) is 18.3 Å². The van der Waals surface area contributed by atoms with Gasteiger partial charge in [-0.15, -0.1) is 0 Å². The molecule has 0 amide bonds. The van der Waals surface area contributed by atoms with E-state index in [4.69, 9.17) is 22.1 Å². The molecule has 2 aliphatic rings. The molecule has 0 saturated carbocycles. The molecule has 2 saturated heterocycles. The Balaban J connectivity index is 1.51. The fraction of sp³-hybridized carbons (Fsp3) is 0.400. The Hall–Kier alpha value is -3.21. The van der Waals surface area contributed by atoms with E-state index >= 15 is 4.39 Å². The topological polar surface area (TPSA) is 95.7 Å². The number of rotatable bonds is 6. The summed E-state index contributed by atoms with van der Waals surface area (Å²) in [4.78, 5) is 19.3. The standard InChI is InChI=1S/C25H30ClFN8O/c1-33(2)17-5-6-35(14-17)21-12-19(27)18(11-20(21)32-25-23(28)24(26)30-15-31-25)16-3-4-22(29-13-16)34-7-9-36-10-8-34/h3-4,11-13,15,17H,5-10,14,28H2,1-2H3,(H,30,31,32)/t17-/m1/s1. The SMILES string of the molecule is CN(C)[C@@H]1CCN(c2cc(F)c(-c3ccc(N4CCOCC4)nc3)cc2Nc2ncnc(Cl)c2N)C1. The molecule has 4 heterocycles. The first-order valence-corrected chi connectivity index (χ1v) is 12.4. The lowest BCUT2D eigenvalue weighted by Crippen LogP contribution is -2.36. The highest BCUT2D eigenvalue weighted by Gasteiger charge is 2.27. The summed E-state index contributed by atoms with van der Waals surface area (Å²) in [5, 5.41) is 3.44. The van der Waals surface area contributed by atoms with Gasteiger partial charge in [0.15, 0.2) is 11.0 Å². The number of ether oxygens (including phenoxy) is 1. The van der Waals surface area contributed by atoms with E-state index in [-0.39, 0.29) is 16.7 Å². The zero-order valence-corrected chi connectivity index (χ0v) is 21.2. The lowest BCUT2D eigenvalue weighted by molar-refractivity contribution is 0.122. The highest BCUT2D eigenvalue weighted by molar-refractivity contribution is 6.32. The number of pyridine rings is 1. The minimum Gasteiger partial charge on any atom is -0.393 e. The maximum Gasteiger partial charge on any atom is 0.158 e. The van der Waals surface area contributed by atoms with Crippen LogP contribution >= 0.6 is 11.6 Å². The molecule has 190 valence electrons. The largest absolute Gasteiger partial charge is 0.393 e. The van der Waals surface area contributed by atoms with Crippen LogP contribution < -0.4 is 20.9 Å². The quantitative estimate of drug-likeness (QED) is 0.480. The zero-order valence-electron chi connectivity index (χ0n) is 20.4. The Morgan fingerprint density at radius 3 is 2.61 bits per heavy atom. The van der Waals surface area contributed by atoms with Crippen molar-refractivity contribution in [1.29, 1.82) is 0 Å². The Labute approximate surface area is 215 Å². The third-order valence-electron chi connectivity index (χ3n) is 6.80. The molecule has 0 spiro atoms. The number of nitrogens with zero attached hydrogens (tertiary/aromatic N) is 6. The molecule has 2 fully saturated rings. The molecule has 2 aromatic heterocycles. The average molecular weight is 513 g/mol. The molecule has 0 aliphatic carbocycles. The van der Waals surface area contributed by atoms with Crippen LogP contribution in [0, 0.1) is 5.82 Å². The molecule has 5 rings (SSSR count). The van der Waals surface area contributed by atoms with Crippen molar-refractivity contribution < 1.29 is 9.13 Å². The summed E-state index contributed by atoms with van der Waals surface area (Å²) < 4.78 is 21.0. The van der Waals surface area contributed by atoms with Gasteiger partial charge in [0.25, 0.3) is 0 Å². The maximum atomic E-state index is 15.6. The molecule has 3 aromatic rings. The number of benzene rings is 1. The Kier molecular flexibility index (Phi) is 7.08. The molecular weight excluding hydrogens is 483 g/mol. The van der Waals surface area contributed by atoms with Gasteiger partial charge in [-0.05, 0) is 44.8 Å². The molecule has 0 unspecified atom stereocenters. The molecule has 9 nitrogen and oxygen atoms in total. The van der Waals surface area contributed by atoms with Crippen LogP contribution in [0.2, 0.25) is 5.15 Å². The lowest BCUT2D eigenvalue weighted by atomic mass is 10.0. The van der Waals surface area contributed by atoms with Crippen molar-refractivity contribution in [1.82, 2.24) is 19.9 Å². The Morgan fingerprint density at radius 1 is 1.11 bits per heavy atom. The van der Waals surface area contributed by atoms with Gasteiger partial charge >= 0.3 is 0 Å². The van der Waals surface area contributed by atoms with E-state index in [1.807, 2.05) is 12.1 Å². The van der Waals surface area contributed by atoms with Crippen LogP contribution in [0.3, 0.4) is 0 Å². The van der Waals surface area contributed by atoms with Crippen molar-refractivity contribution in [2.24, 2.45) is 0 Å². The van der Waals surface area contributed by atoms with E-state index in [0.717, 1.165) is 44.1 Å². The fourth-order valence-electron chi connectivity index (χ4n) is 4.65. The van der Waals surface area contributed by atoms with Crippen LogP contribution in [0.1, 0.15) is 6.42 Å². The van der Waals surface area contributed by atoms with E-state index in [2.05, 4.69) is 49.1 Å². The van der Waals surface area contributed by atoms with Gasteiger partial charge < -0.3 is 30.5 Å². The summed E-state index contributed by atoms with van der Waals surface area (Å²) in [6, 6.07) is 7.56. The average Bonchev–Trinajstić information content (AvgIpc) is 3.39. The number of morpholine rings is 1. The lowest BCUT2D eigenvalue weighted by Gasteiger charge is -2.28. The second-order valence-electron chi connectivity index (χ2n) is 9.26. The van der Waals surface area contributed by atoms with Gasteiger partial charge in [-0.1, -0.05) is 11.6 Å². The van der Waals surface area contributed by atoms with E-state index < -0.39 is 0 Å². The summed E-state index contributed by atoms with van der Waals surface area (Å²) in [6.45, 7) is 4.53. The van der Waals surface area contributed by atoms with Crippen LogP contribution in [0.25, 0.3) is 11.1 Å². The number of nitrogens with two attached hydrogens (primary N) is 1. The number of likely N-dealkylation sites (N-methyl/N-ethyl adjacent to an activating group) is 1. The van der Waals surface area contributed by atoms with E-state index in [9.17, 15) is 0 Å². The second kappa shape index (κ2) is 10.4. The van der Waals surface area contributed by atoms with Crippen molar-refractivity contribution in [3.05, 3.63) is 47.8 Å². The first-order chi connectivity index (χ1) is 17.4. The van der Waals surface area contributed by atoms with Gasteiger partial charge in [-0.25, -0.2) is 19.3 Å². The predicted molar refractivity (Wildman–Crippen MR) is 142 cm³/mol. The molecule has 1 aromatic carbocycles. The monoisotopic (exact) mass is 512 g/mol. The number of halogens is 2.